The molecule has 3 N–H and O–H groups in total. The number of rotatable bonds is 6. The van der Waals surface area contributed by atoms with Crippen molar-refractivity contribution in [1.29, 1.82) is 0 Å². The molecular weight excluding hydrogens is 250 g/mol. The van der Waals surface area contributed by atoms with E-state index in [1.165, 1.54) is 12.8 Å². The van der Waals surface area contributed by atoms with Crippen molar-refractivity contribution in [2.45, 2.75) is 19.3 Å². The molecule has 1 aliphatic rings. The summed E-state index contributed by atoms with van der Waals surface area (Å²) >= 11 is 0. The zero-order chi connectivity index (χ0) is 14.0. The third kappa shape index (κ3) is 2.43. The molecule has 4 heteroatoms. The average Bonchev–Trinajstić information content (AvgIpc) is 3.25. The second-order valence-electron chi connectivity index (χ2n) is 5.61. The van der Waals surface area contributed by atoms with Gasteiger partial charge in [-0.2, -0.15) is 0 Å². The molecule has 1 fully saturated rings. The minimum atomic E-state index is 0.400. The lowest BCUT2D eigenvalue weighted by molar-refractivity contribution is 0.420. The van der Waals surface area contributed by atoms with E-state index in [1.807, 2.05) is 24.4 Å². The fourth-order valence-corrected chi connectivity index (χ4v) is 2.77. The molecule has 3 rings (SSSR count). The standard InChI is InChI=1S/C16H21N3O/c1-20-14-4-2-3-13-12(14)5-10-18-15(13)19-11-16(6-7-16)8-9-17/h2-5,10H,6-9,11,17H2,1H3,(H,18,19). The molecule has 1 heterocycles. The van der Waals surface area contributed by atoms with Crippen LogP contribution in [0.3, 0.4) is 0 Å². The van der Waals surface area contributed by atoms with Crippen LogP contribution in [0, 0.1) is 5.41 Å². The van der Waals surface area contributed by atoms with Crippen LogP contribution in [0.15, 0.2) is 30.5 Å². The smallest absolute Gasteiger partial charge is 0.133 e. The molecule has 0 bridgehead atoms. The Hall–Kier alpha value is -1.81. The fraction of sp³-hybridized carbons (Fsp3) is 0.438. The highest BCUT2D eigenvalue weighted by atomic mass is 16.5. The fourth-order valence-electron chi connectivity index (χ4n) is 2.77. The Bertz CT molecular complexity index is 608. The Morgan fingerprint density at radius 1 is 1.30 bits per heavy atom. The first-order valence-electron chi connectivity index (χ1n) is 7.14. The Kier molecular flexibility index (Phi) is 3.49. The van der Waals surface area contributed by atoms with Gasteiger partial charge in [-0.1, -0.05) is 12.1 Å². The van der Waals surface area contributed by atoms with Crippen molar-refractivity contribution in [1.82, 2.24) is 4.98 Å². The monoisotopic (exact) mass is 271 g/mol. The highest BCUT2D eigenvalue weighted by molar-refractivity contribution is 5.95. The van der Waals surface area contributed by atoms with Crippen LogP contribution in [0.25, 0.3) is 10.8 Å². The molecule has 106 valence electrons. The van der Waals surface area contributed by atoms with E-state index in [2.05, 4.69) is 16.4 Å². The summed E-state index contributed by atoms with van der Waals surface area (Å²) in [4.78, 5) is 4.48. The number of hydrogen-bond acceptors (Lipinski definition) is 4. The minimum Gasteiger partial charge on any atom is -0.496 e. The van der Waals surface area contributed by atoms with Crippen molar-refractivity contribution in [3.8, 4) is 5.75 Å². The van der Waals surface area contributed by atoms with Gasteiger partial charge in [0.1, 0.15) is 11.6 Å². The minimum absolute atomic E-state index is 0.400. The molecular formula is C16H21N3O. The molecule has 0 spiro atoms. The number of ether oxygens (including phenoxy) is 1. The van der Waals surface area contributed by atoms with Crippen LogP contribution < -0.4 is 15.8 Å². The predicted octanol–water partition coefficient (Wildman–Crippen LogP) is 2.78. The predicted molar refractivity (Wildman–Crippen MR) is 82.1 cm³/mol. The van der Waals surface area contributed by atoms with Gasteiger partial charge < -0.3 is 15.8 Å². The highest BCUT2D eigenvalue weighted by Crippen LogP contribution is 2.48. The summed E-state index contributed by atoms with van der Waals surface area (Å²) in [7, 11) is 1.70. The lowest BCUT2D eigenvalue weighted by Crippen LogP contribution is -2.19. The first-order chi connectivity index (χ1) is 9.78. The van der Waals surface area contributed by atoms with Gasteiger partial charge >= 0.3 is 0 Å². The molecule has 0 aliphatic heterocycles. The Labute approximate surface area is 119 Å². The lowest BCUT2D eigenvalue weighted by atomic mass is 10.0. The third-order valence-corrected chi connectivity index (χ3v) is 4.25. The molecule has 0 amide bonds. The molecule has 1 saturated carbocycles. The summed E-state index contributed by atoms with van der Waals surface area (Å²) in [6.45, 7) is 1.71. The molecule has 0 radical (unpaired) electrons. The van der Waals surface area contributed by atoms with Gasteiger partial charge in [-0.25, -0.2) is 4.98 Å². The molecule has 0 saturated heterocycles. The molecule has 1 aliphatic carbocycles. The summed E-state index contributed by atoms with van der Waals surface area (Å²) in [5, 5.41) is 5.70. The highest BCUT2D eigenvalue weighted by Gasteiger charge is 2.41. The van der Waals surface area contributed by atoms with Gasteiger partial charge in [0.25, 0.3) is 0 Å². The number of benzene rings is 1. The summed E-state index contributed by atoms with van der Waals surface area (Å²) in [5.41, 5.74) is 6.09. The number of methoxy groups -OCH3 is 1. The third-order valence-electron chi connectivity index (χ3n) is 4.25. The number of nitrogens with one attached hydrogen (secondary N) is 1. The SMILES string of the molecule is COc1cccc2c(NCC3(CCN)CC3)nccc12. The van der Waals surface area contributed by atoms with Crippen LogP contribution in [0.4, 0.5) is 5.82 Å². The van der Waals surface area contributed by atoms with Gasteiger partial charge in [0.15, 0.2) is 0 Å². The van der Waals surface area contributed by atoms with E-state index in [0.29, 0.717) is 5.41 Å². The second kappa shape index (κ2) is 5.29. The first-order valence-corrected chi connectivity index (χ1v) is 7.14. The largest absolute Gasteiger partial charge is 0.496 e. The molecule has 0 atom stereocenters. The maximum atomic E-state index is 5.69. The normalized spacial score (nSPS) is 16.1. The zero-order valence-corrected chi connectivity index (χ0v) is 11.9. The van der Waals surface area contributed by atoms with Crippen molar-refractivity contribution >= 4 is 16.6 Å². The summed E-state index contributed by atoms with van der Waals surface area (Å²) < 4.78 is 5.41. The number of anilines is 1. The number of aromatic nitrogens is 1. The van der Waals surface area contributed by atoms with Gasteiger partial charge in [0.2, 0.25) is 0 Å². The quantitative estimate of drug-likeness (QED) is 0.848. The van der Waals surface area contributed by atoms with Crippen molar-refractivity contribution in [3.63, 3.8) is 0 Å². The molecule has 20 heavy (non-hydrogen) atoms. The van der Waals surface area contributed by atoms with E-state index in [4.69, 9.17) is 10.5 Å². The maximum Gasteiger partial charge on any atom is 0.133 e. The van der Waals surface area contributed by atoms with Gasteiger partial charge in [0, 0.05) is 23.5 Å². The molecule has 4 nitrogen and oxygen atoms in total. The molecule has 0 unspecified atom stereocenters. The Morgan fingerprint density at radius 3 is 2.85 bits per heavy atom. The molecule has 2 aromatic rings. The van der Waals surface area contributed by atoms with Crippen LogP contribution in [-0.4, -0.2) is 25.2 Å². The summed E-state index contributed by atoms with van der Waals surface area (Å²) in [5.74, 6) is 1.82. The first kappa shape index (κ1) is 13.2. The number of nitrogens with zero attached hydrogens (tertiary/aromatic N) is 1. The zero-order valence-electron chi connectivity index (χ0n) is 11.9. The van der Waals surface area contributed by atoms with Crippen LogP contribution in [0.1, 0.15) is 19.3 Å². The van der Waals surface area contributed by atoms with E-state index in [9.17, 15) is 0 Å². The van der Waals surface area contributed by atoms with Gasteiger partial charge in [0.05, 0.1) is 7.11 Å². The van der Waals surface area contributed by atoms with E-state index < -0.39 is 0 Å². The topological polar surface area (TPSA) is 60.2 Å². The number of pyridine rings is 1. The van der Waals surface area contributed by atoms with Gasteiger partial charge in [-0.3, -0.25) is 0 Å². The van der Waals surface area contributed by atoms with E-state index in [-0.39, 0.29) is 0 Å². The van der Waals surface area contributed by atoms with Crippen molar-refractivity contribution in [3.05, 3.63) is 30.5 Å². The molecule has 1 aromatic heterocycles. The van der Waals surface area contributed by atoms with Crippen LogP contribution >= 0.6 is 0 Å². The number of hydrogen-bond donors (Lipinski definition) is 2. The Balaban J connectivity index is 1.85. The maximum absolute atomic E-state index is 5.69. The lowest BCUT2D eigenvalue weighted by Gasteiger charge is -2.16. The Morgan fingerprint density at radius 2 is 2.15 bits per heavy atom. The van der Waals surface area contributed by atoms with E-state index >= 15 is 0 Å². The summed E-state index contributed by atoms with van der Waals surface area (Å²) in [6.07, 6.45) is 5.46. The molecule has 1 aromatic carbocycles. The second-order valence-corrected chi connectivity index (χ2v) is 5.61. The number of nitrogens with two attached hydrogens (primary N) is 1. The van der Waals surface area contributed by atoms with Crippen molar-refractivity contribution in [2.75, 3.05) is 25.5 Å². The van der Waals surface area contributed by atoms with Crippen LogP contribution in [0.5, 0.6) is 5.75 Å². The van der Waals surface area contributed by atoms with Gasteiger partial charge in [-0.05, 0) is 43.4 Å². The van der Waals surface area contributed by atoms with Crippen molar-refractivity contribution in [2.24, 2.45) is 11.1 Å². The van der Waals surface area contributed by atoms with E-state index in [0.717, 1.165) is 41.9 Å². The number of fused-ring (bicyclic) bond motifs is 1. The van der Waals surface area contributed by atoms with Gasteiger partial charge in [-0.15, -0.1) is 0 Å². The van der Waals surface area contributed by atoms with Crippen LogP contribution in [-0.2, 0) is 0 Å². The van der Waals surface area contributed by atoms with Crippen molar-refractivity contribution < 1.29 is 4.74 Å². The average molecular weight is 271 g/mol. The summed E-state index contributed by atoms with van der Waals surface area (Å²) in [6, 6.07) is 8.05. The van der Waals surface area contributed by atoms with E-state index in [1.54, 1.807) is 7.11 Å². The van der Waals surface area contributed by atoms with Crippen LogP contribution in [0.2, 0.25) is 0 Å².